The fraction of sp³-hybridized carbons (Fsp3) is 0.571. The van der Waals surface area contributed by atoms with E-state index < -0.39 is 29.7 Å². The third-order valence-electron chi connectivity index (χ3n) is 3.02. The van der Waals surface area contributed by atoms with Gasteiger partial charge in [0.25, 0.3) is 0 Å². The summed E-state index contributed by atoms with van der Waals surface area (Å²) in [5, 5.41) is 10.2. The van der Waals surface area contributed by atoms with Gasteiger partial charge >= 0.3 is 6.36 Å². The van der Waals surface area contributed by atoms with Crippen LogP contribution in [0.3, 0.4) is 0 Å². The lowest BCUT2D eigenvalue weighted by Gasteiger charge is -2.31. The molecule has 0 aliphatic carbocycles. The van der Waals surface area contributed by atoms with Crippen LogP contribution in [0.2, 0.25) is 0 Å². The summed E-state index contributed by atoms with van der Waals surface area (Å²) in [5.74, 6) is -0.116. The zero-order chi connectivity index (χ0) is 16.4. The summed E-state index contributed by atoms with van der Waals surface area (Å²) in [6.45, 7) is 5.33. The minimum absolute atomic E-state index is 0.252. The number of hydrogen-bond donors (Lipinski definition) is 2. The maximum atomic E-state index is 12.3. The maximum absolute atomic E-state index is 12.3. The van der Waals surface area contributed by atoms with Crippen LogP contribution in [0.25, 0.3) is 0 Å². The Hall–Kier alpha value is -1.47. The summed E-state index contributed by atoms with van der Waals surface area (Å²) in [4.78, 5) is 0. The number of nitrogens with two attached hydrogens (primary N) is 1. The van der Waals surface area contributed by atoms with Gasteiger partial charge < -0.3 is 20.3 Å². The van der Waals surface area contributed by atoms with Gasteiger partial charge in [0.05, 0.1) is 19.3 Å². The van der Waals surface area contributed by atoms with Crippen LogP contribution in [0.5, 0.6) is 11.5 Å². The van der Waals surface area contributed by atoms with Gasteiger partial charge in [0.2, 0.25) is 0 Å². The average molecular weight is 307 g/mol. The average Bonchev–Trinajstić information content (AvgIpc) is 2.34. The Balaban J connectivity index is 3.17. The highest BCUT2D eigenvalue weighted by Crippen LogP contribution is 2.36. The van der Waals surface area contributed by atoms with Crippen molar-refractivity contribution in [3.63, 3.8) is 0 Å². The number of hydrogen-bond acceptors (Lipinski definition) is 4. The summed E-state index contributed by atoms with van der Waals surface area (Å²) in [7, 11) is 1.37. The molecule has 0 heterocycles. The van der Waals surface area contributed by atoms with E-state index >= 15 is 0 Å². The van der Waals surface area contributed by atoms with Gasteiger partial charge in [0.1, 0.15) is 11.5 Å². The molecule has 1 aromatic rings. The summed E-state index contributed by atoms with van der Waals surface area (Å²) in [6, 6.07) is 2.68. The van der Waals surface area contributed by atoms with E-state index in [-0.39, 0.29) is 5.56 Å². The quantitative estimate of drug-likeness (QED) is 0.897. The molecule has 0 spiro atoms. The number of aliphatic hydroxyl groups excluding tert-OH is 1. The lowest BCUT2D eigenvalue weighted by atomic mass is 9.82. The van der Waals surface area contributed by atoms with E-state index in [1.54, 1.807) is 20.8 Å². The Kier molecular flexibility index (Phi) is 5.11. The third-order valence-corrected chi connectivity index (χ3v) is 3.02. The molecule has 0 saturated heterocycles. The summed E-state index contributed by atoms with van der Waals surface area (Å²) < 4.78 is 45.8. The van der Waals surface area contributed by atoms with Gasteiger partial charge in [0.15, 0.2) is 0 Å². The fourth-order valence-corrected chi connectivity index (χ4v) is 1.88. The van der Waals surface area contributed by atoms with Crippen LogP contribution in [0.4, 0.5) is 13.2 Å². The molecule has 3 N–H and O–H groups in total. The van der Waals surface area contributed by atoms with Gasteiger partial charge in [-0.25, -0.2) is 0 Å². The molecule has 0 bridgehead atoms. The summed E-state index contributed by atoms with van der Waals surface area (Å²) in [5.41, 5.74) is 5.68. The van der Waals surface area contributed by atoms with Crippen LogP contribution in [-0.4, -0.2) is 24.7 Å². The molecule has 0 saturated carbocycles. The Morgan fingerprint density at radius 2 is 1.76 bits per heavy atom. The fourth-order valence-electron chi connectivity index (χ4n) is 1.88. The molecular weight excluding hydrogens is 287 g/mol. The van der Waals surface area contributed by atoms with E-state index in [0.717, 1.165) is 12.1 Å². The molecule has 0 fully saturated rings. The molecule has 0 aliphatic rings. The lowest BCUT2D eigenvalue weighted by molar-refractivity contribution is -0.274. The van der Waals surface area contributed by atoms with Crippen LogP contribution >= 0.6 is 0 Å². The van der Waals surface area contributed by atoms with Crippen molar-refractivity contribution >= 4 is 0 Å². The molecule has 0 aromatic heterocycles. The first-order valence-corrected chi connectivity index (χ1v) is 6.33. The first-order chi connectivity index (χ1) is 9.45. The minimum atomic E-state index is -4.79. The molecule has 120 valence electrons. The Morgan fingerprint density at radius 3 is 2.19 bits per heavy atom. The molecule has 7 heteroatoms. The van der Waals surface area contributed by atoms with Crippen LogP contribution in [0.15, 0.2) is 18.2 Å². The predicted molar refractivity (Wildman–Crippen MR) is 72.1 cm³/mol. The van der Waals surface area contributed by atoms with Crippen molar-refractivity contribution in [2.24, 2.45) is 11.1 Å². The minimum Gasteiger partial charge on any atom is -0.496 e. The summed E-state index contributed by atoms with van der Waals surface area (Å²) >= 11 is 0. The normalized spacial score (nSPS) is 15.5. The highest BCUT2D eigenvalue weighted by Gasteiger charge is 2.33. The van der Waals surface area contributed by atoms with Gasteiger partial charge in [0, 0.05) is 5.56 Å². The van der Waals surface area contributed by atoms with Crippen molar-refractivity contribution in [3.8, 4) is 11.5 Å². The summed E-state index contributed by atoms with van der Waals surface area (Å²) in [6.07, 6.45) is -5.76. The Morgan fingerprint density at radius 1 is 1.19 bits per heavy atom. The highest BCUT2D eigenvalue weighted by atomic mass is 19.4. The highest BCUT2D eigenvalue weighted by molar-refractivity contribution is 5.42. The number of halogens is 3. The van der Waals surface area contributed by atoms with Gasteiger partial charge in [-0.3, -0.25) is 0 Å². The Bertz CT molecular complexity index is 483. The zero-order valence-corrected chi connectivity index (χ0v) is 12.4. The van der Waals surface area contributed by atoms with Crippen molar-refractivity contribution in [3.05, 3.63) is 23.8 Å². The molecule has 0 radical (unpaired) electrons. The molecule has 2 atom stereocenters. The van der Waals surface area contributed by atoms with Crippen molar-refractivity contribution in [2.75, 3.05) is 7.11 Å². The Labute approximate surface area is 121 Å². The molecule has 1 rings (SSSR count). The SMILES string of the molecule is COc1ccc(OC(F)(F)F)cc1[C@@H](N)[C@@H](O)C(C)(C)C. The van der Waals surface area contributed by atoms with E-state index in [0.29, 0.717) is 5.75 Å². The number of aliphatic hydroxyl groups is 1. The first kappa shape index (κ1) is 17.6. The van der Waals surface area contributed by atoms with Crippen LogP contribution in [-0.2, 0) is 0 Å². The van der Waals surface area contributed by atoms with E-state index in [2.05, 4.69) is 4.74 Å². The van der Waals surface area contributed by atoms with Crippen molar-refractivity contribution in [1.82, 2.24) is 0 Å². The van der Waals surface area contributed by atoms with Crippen LogP contribution in [0, 0.1) is 5.41 Å². The van der Waals surface area contributed by atoms with Gasteiger partial charge in [-0.1, -0.05) is 20.8 Å². The largest absolute Gasteiger partial charge is 0.573 e. The number of methoxy groups -OCH3 is 1. The zero-order valence-electron chi connectivity index (χ0n) is 12.4. The second kappa shape index (κ2) is 6.11. The smallest absolute Gasteiger partial charge is 0.496 e. The molecule has 4 nitrogen and oxygen atoms in total. The predicted octanol–water partition coefficient (Wildman–Crippen LogP) is 3.00. The van der Waals surface area contributed by atoms with Crippen molar-refractivity contribution in [1.29, 1.82) is 0 Å². The van der Waals surface area contributed by atoms with Gasteiger partial charge in [-0.05, 0) is 23.6 Å². The second-order valence-corrected chi connectivity index (χ2v) is 5.79. The van der Waals surface area contributed by atoms with Gasteiger partial charge in [-0.15, -0.1) is 13.2 Å². The molecule has 21 heavy (non-hydrogen) atoms. The van der Waals surface area contributed by atoms with Crippen LogP contribution in [0.1, 0.15) is 32.4 Å². The number of alkyl halides is 3. The molecule has 1 aromatic carbocycles. The maximum Gasteiger partial charge on any atom is 0.573 e. The van der Waals surface area contributed by atoms with E-state index in [1.807, 2.05) is 0 Å². The standard InChI is InChI=1S/C14H20F3NO3/c1-13(2,3)12(19)11(18)9-7-8(21-14(15,16)17)5-6-10(9)20-4/h5-7,11-12,19H,18H2,1-4H3/t11-,12-/m1/s1. The third kappa shape index (κ3) is 4.78. The number of ether oxygens (including phenoxy) is 2. The lowest BCUT2D eigenvalue weighted by Crippen LogP contribution is -2.37. The molecule has 0 amide bonds. The molecule has 0 unspecified atom stereocenters. The number of rotatable bonds is 4. The van der Waals surface area contributed by atoms with E-state index in [4.69, 9.17) is 10.5 Å². The monoisotopic (exact) mass is 307 g/mol. The van der Waals surface area contributed by atoms with Gasteiger partial charge in [-0.2, -0.15) is 0 Å². The molecule has 0 aliphatic heterocycles. The first-order valence-electron chi connectivity index (χ1n) is 6.33. The van der Waals surface area contributed by atoms with E-state index in [9.17, 15) is 18.3 Å². The van der Waals surface area contributed by atoms with Crippen LogP contribution < -0.4 is 15.2 Å². The van der Waals surface area contributed by atoms with E-state index in [1.165, 1.54) is 13.2 Å². The van der Waals surface area contributed by atoms with Crippen molar-refractivity contribution in [2.45, 2.75) is 39.3 Å². The second-order valence-electron chi connectivity index (χ2n) is 5.79. The number of benzene rings is 1. The van der Waals surface area contributed by atoms with Crippen molar-refractivity contribution < 1.29 is 27.8 Å². The molecular formula is C14H20F3NO3. The topological polar surface area (TPSA) is 64.7 Å².